The minimum Gasteiger partial charge on any atom is -0.391 e. The van der Waals surface area contributed by atoms with E-state index in [1.54, 1.807) is 0 Å². The summed E-state index contributed by atoms with van der Waals surface area (Å²) in [4.78, 5) is 2.27. The lowest BCUT2D eigenvalue weighted by Crippen LogP contribution is -2.31. The third-order valence-corrected chi connectivity index (χ3v) is 6.01. The molecule has 1 aliphatic rings. The molecule has 12 heteroatoms. The smallest absolute Gasteiger partial charge is 0.391 e. The van der Waals surface area contributed by atoms with Crippen LogP contribution in [0.5, 0.6) is 5.75 Å². The predicted octanol–water partition coefficient (Wildman–Crippen LogP) is 1.74. The van der Waals surface area contributed by atoms with Gasteiger partial charge in [0.1, 0.15) is 0 Å². The Morgan fingerprint density at radius 1 is 1.32 bits per heavy atom. The van der Waals surface area contributed by atoms with Gasteiger partial charge in [-0.2, -0.15) is 21.6 Å². The third kappa shape index (κ3) is 4.28. The van der Waals surface area contributed by atoms with Crippen molar-refractivity contribution < 1.29 is 35.4 Å². The summed E-state index contributed by atoms with van der Waals surface area (Å²) in [7, 11) is -3.77. The van der Waals surface area contributed by atoms with E-state index in [0.717, 1.165) is 38.4 Å². The van der Waals surface area contributed by atoms with Gasteiger partial charge in [-0.3, -0.25) is 0 Å². The van der Waals surface area contributed by atoms with Crippen molar-refractivity contribution in [2.45, 2.75) is 37.8 Å². The number of alkyl halides is 3. The zero-order valence-corrected chi connectivity index (χ0v) is 16.0. The summed E-state index contributed by atoms with van der Waals surface area (Å²) in [5, 5.41) is 14.0. The Hall–Kier alpha value is -1.79. The number of hydrogen-bond donors (Lipinski definition) is 1. The first-order valence-electron chi connectivity index (χ1n) is 8.82. The number of aryl methyl sites for hydroxylation is 1. The maximum atomic E-state index is 12.6. The maximum absolute atomic E-state index is 12.6. The first kappa shape index (κ1) is 20.9. The molecule has 0 aliphatic carbocycles. The van der Waals surface area contributed by atoms with Gasteiger partial charge in [0.05, 0.1) is 17.9 Å². The molecule has 1 aromatic carbocycles. The second-order valence-electron chi connectivity index (χ2n) is 6.97. The molecule has 7 nitrogen and oxygen atoms in total. The summed E-state index contributed by atoms with van der Waals surface area (Å²) < 4.78 is 69.5. The number of fused-ring (bicyclic) bond motifs is 1. The van der Waals surface area contributed by atoms with Gasteiger partial charge >= 0.3 is 15.6 Å². The van der Waals surface area contributed by atoms with E-state index in [-0.39, 0.29) is 11.1 Å². The molecular formula is C16H20BF3N2O5S. The molecule has 1 saturated heterocycles. The molecule has 2 heterocycles. The predicted molar refractivity (Wildman–Crippen MR) is 96.7 cm³/mol. The van der Waals surface area contributed by atoms with Gasteiger partial charge in [-0.15, -0.1) is 0 Å². The molecule has 28 heavy (non-hydrogen) atoms. The van der Waals surface area contributed by atoms with Crippen LogP contribution in [0.3, 0.4) is 0 Å². The van der Waals surface area contributed by atoms with E-state index in [2.05, 4.69) is 22.1 Å². The lowest BCUT2D eigenvalue weighted by molar-refractivity contribution is -0.0500. The fourth-order valence-electron chi connectivity index (χ4n) is 3.36. The number of aliphatic hydroxyl groups is 1. The molecule has 1 aliphatic heterocycles. The minimum atomic E-state index is -5.85. The van der Waals surface area contributed by atoms with Crippen LogP contribution in [-0.2, 0) is 23.1 Å². The van der Waals surface area contributed by atoms with Gasteiger partial charge in [0.25, 0.3) is 0 Å². The number of aromatic nitrogens is 1. The van der Waals surface area contributed by atoms with Crippen molar-refractivity contribution in [1.29, 1.82) is 0 Å². The summed E-state index contributed by atoms with van der Waals surface area (Å²) in [5.74, 6) is -0.0786. The fraction of sp³-hybridized carbons (Fsp3) is 0.562. The van der Waals surface area contributed by atoms with Crippen LogP contribution in [0.4, 0.5) is 13.2 Å². The largest absolute Gasteiger partial charge is 0.534 e. The van der Waals surface area contributed by atoms with Crippen molar-refractivity contribution in [3.63, 3.8) is 0 Å². The number of hydrogen-bond acceptors (Lipinski definition) is 7. The van der Waals surface area contributed by atoms with Crippen LogP contribution in [0.2, 0.25) is 0 Å². The van der Waals surface area contributed by atoms with E-state index in [0.29, 0.717) is 23.4 Å². The lowest BCUT2D eigenvalue weighted by Gasteiger charge is -2.29. The summed E-state index contributed by atoms with van der Waals surface area (Å²) in [6.07, 6.45) is 3.68. The summed E-state index contributed by atoms with van der Waals surface area (Å²) in [5.41, 5.74) is -5.12. The standard InChI is InChI=1S/C16H20BF3N2O5S/c17-22-7-5-10(6-8-22)1-3-13-11-2-4-14(12(9-23)15(11)26-21-13)27-28(24,25)16(18,19)20/h2,4,10,23H,1,3,5-9,17H2. The highest BCUT2D eigenvalue weighted by Crippen LogP contribution is 2.35. The fourth-order valence-corrected chi connectivity index (χ4v) is 3.84. The number of nitrogens with zero attached hydrogens (tertiary/aromatic N) is 2. The Morgan fingerprint density at radius 3 is 2.61 bits per heavy atom. The zero-order valence-electron chi connectivity index (χ0n) is 15.2. The molecule has 1 fully saturated rings. The molecule has 0 spiro atoms. The molecular weight excluding hydrogens is 400 g/mol. The second kappa shape index (κ2) is 7.92. The second-order valence-corrected chi connectivity index (χ2v) is 8.51. The average molecular weight is 420 g/mol. The lowest BCUT2D eigenvalue weighted by atomic mass is 9.90. The highest BCUT2D eigenvalue weighted by atomic mass is 32.2. The number of rotatable bonds is 6. The summed E-state index contributed by atoms with van der Waals surface area (Å²) >= 11 is 0. The van der Waals surface area contributed by atoms with Crippen LogP contribution in [0, 0.1) is 5.92 Å². The Bertz CT molecular complexity index is 940. The van der Waals surface area contributed by atoms with Crippen LogP contribution in [0.25, 0.3) is 11.0 Å². The van der Waals surface area contributed by atoms with Crippen LogP contribution in [0.15, 0.2) is 16.7 Å². The molecule has 3 rings (SSSR count). The Kier molecular flexibility index (Phi) is 5.92. The Balaban J connectivity index is 1.81. The summed E-state index contributed by atoms with van der Waals surface area (Å²) in [6.45, 7) is 1.31. The van der Waals surface area contributed by atoms with E-state index in [4.69, 9.17) is 4.52 Å². The van der Waals surface area contributed by atoms with Crippen LogP contribution < -0.4 is 4.18 Å². The summed E-state index contributed by atoms with van der Waals surface area (Å²) in [6, 6.07) is 2.48. The highest BCUT2D eigenvalue weighted by molar-refractivity contribution is 7.88. The number of piperidine rings is 1. The SMILES string of the molecule is BN1CCC(CCc2noc3c(CO)c(OS(=O)(=O)C(F)(F)F)ccc23)CC1. The monoisotopic (exact) mass is 420 g/mol. The van der Waals surface area contributed by atoms with Gasteiger partial charge in [-0.25, -0.2) is 0 Å². The quantitative estimate of drug-likeness (QED) is 0.432. The molecule has 2 aromatic rings. The van der Waals surface area contributed by atoms with E-state index >= 15 is 0 Å². The first-order chi connectivity index (χ1) is 13.1. The molecule has 0 saturated carbocycles. The highest BCUT2D eigenvalue weighted by Gasteiger charge is 2.49. The van der Waals surface area contributed by atoms with Crippen molar-refractivity contribution in [3.8, 4) is 5.75 Å². The first-order valence-corrected chi connectivity index (χ1v) is 10.2. The molecule has 0 radical (unpaired) electrons. The van der Waals surface area contributed by atoms with Gasteiger partial charge in [-0.1, -0.05) is 5.16 Å². The van der Waals surface area contributed by atoms with Crippen LogP contribution in [-0.4, -0.2) is 50.1 Å². The normalized spacial score (nSPS) is 17.3. The van der Waals surface area contributed by atoms with E-state index in [1.165, 1.54) is 6.07 Å². The average Bonchev–Trinajstić information content (AvgIpc) is 3.03. The Labute approximate surface area is 161 Å². The molecule has 0 amide bonds. The van der Waals surface area contributed by atoms with Gasteiger partial charge < -0.3 is 18.6 Å². The minimum absolute atomic E-state index is 0.0238. The van der Waals surface area contributed by atoms with Gasteiger partial charge in [0.15, 0.2) is 19.3 Å². The van der Waals surface area contributed by atoms with Gasteiger partial charge in [0.2, 0.25) is 0 Å². The van der Waals surface area contributed by atoms with Crippen molar-refractivity contribution in [3.05, 3.63) is 23.4 Å². The van der Waals surface area contributed by atoms with Gasteiger partial charge in [-0.05, 0) is 56.8 Å². The molecule has 0 atom stereocenters. The number of halogens is 3. The number of benzene rings is 1. The maximum Gasteiger partial charge on any atom is 0.534 e. The topological polar surface area (TPSA) is 92.9 Å². The zero-order chi connectivity index (χ0) is 20.5. The third-order valence-electron chi connectivity index (χ3n) is 5.04. The van der Waals surface area contributed by atoms with Crippen molar-refractivity contribution >= 4 is 29.1 Å². The van der Waals surface area contributed by atoms with Crippen LogP contribution >= 0.6 is 0 Å². The van der Waals surface area contributed by atoms with Crippen molar-refractivity contribution in [2.24, 2.45) is 5.92 Å². The Morgan fingerprint density at radius 2 is 2.00 bits per heavy atom. The molecule has 154 valence electrons. The van der Waals surface area contributed by atoms with Crippen molar-refractivity contribution in [1.82, 2.24) is 9.97 Å². The van der Waals surface area contributed by atoms with E-state index in [1.807, 2.05) is 0 Å². The molecule has 0 bridgehead atoms. The molecule has 0 unspecified atom stereocenters. The number of aliphatic hydroxyl groups excluding tert-OH is 1. The molecule has 1 aromatic heterocycles. The molecule has 1 N–H and O–H groups in total. The van der Waals surface area contributed by atoms with E-state index in [9.17, 15) is 26.7 Å². The van der Waals surface area contributed by atoms with Crippen molar-refractivity contribution in [2.75, 3.05) is 13.1 Å². The van der Waals surface area contributed by atoms with Crippen LogP contribution in [0.1, 0.15) is 30.5 Å². The van der Waals surface area contributed by atoms with E-state index < -0.39 is 28.0 Å². The van der Waals surface area contributed by atoms with Gasteiger partial charge in [0, 0.05) is 5.39 Å².